The van der Waals surface area contributed by atoms with Crippen LogP contribution in [0.15, 0.2) is 18.2 Å². The molecule has 0 aromatic heterocycles. The zero-order valence-corrected chi connectivity index (χ0v) is 11.6. The Labute approximate surface area is 116 Å². The minimum Gasteiger partial charge on any atom is -0.481 e. The maximum Gasteiger partial charge on any atom is 0.307 e. The van der Waals surface area contributed by atoms with Gasteiger partial charge in [-0.1, -0.05) is 29.3 Å². The summed E-state index contributed by atoms with van der Waals surface area (Å²) in [6, 6.07) is 5.72. The van der Waals surface area contributed by atoms with Gasteiger partial charge in [0.2, 0.25) is 0 Å². The van der Waals surface area contributed by atoms with Gasteiger partial charge in [-0.05, 0) is 37.6 Å². The first-order valence-corrected chi connectivity index (χ1v) is 6.66. The van der Waals surface area contributed by atoms with Crippen LogP contribution in [0.5, 0.6) is 0 Å². The van der Waals surface area contributed by atoms with Crippen molar-refractivity contribution in [1.29, 1.82) is 0 Å². The van der Waals surface area contributed by atoms with E-state index in [1.54, 1.807) is 6.07 Å². The summed E-state index contributed by atoms with van der Waals surface area (Å²) in [7, 11) is 0. The number of carbonyl (C=O) groups is 1. The third kappa shape index (κ3) is 2.79. The number of halogens is 2. The molecule has 1 heterocycles. The highest BCUT2D eigenvalue weighted by Crippen LogP contribution is 2.31. The third-order valence-corrected chi connectivity index (χ3v) is 4.28. The lowest BCUT2D eigenvalue weighted by Gasteiger charge is -2.24. The largest absolute Gasteiger partial charge is 0.481 e. The fourth-order valence-electron chi connectivity index (χ4n) is 2.32. The molecular weight excluding hydrogens is 273 g/mol. The van der Waals surface area contributed by atoms with Gasteiger partial charge in [-0.15, -0.1) is 0 Å². The van der Waals surface area contributed by atoms with Gasteiger partial charge in [0.05, 0.1) is 16.0 Å². The quantitative estimate of drug-likeness (QED) is 0.926. The number of hydrogen-bond acceptors (Lipinski definition) is 2. The van der Waals surface area contributed by atoms with Crippen molar-refractivity contribution in [3.63, 3.8) is 0 Å². The third-order valence-electron chi connectivity index (χ3n) is 3.54. The Hall–Kier alpha value is -0.770. The molecule has 0 saturated carbocycles. The average Bonchev–Trinajstić information content (AvgIpc) is 2.81. The minimum absolute atomic E-state index is 0.157. The number of carboxylic acid groups (broad SMARTS) is 1. The van der Waals surface area contributed by atoms with E-state index in [0.717, 1.165) is 12.1 Å². The number of benzene rings is 1. The lowest BCUT2D eigenvalue weighted by Crippen LogP contribution is -2.26. The van der Waals surface area contributed by atoms with Crippen molar-refractivity contribution in [2.24, 2.45) is 5.92 Å². The molecule has 2 atom stereocenters. The van der Waals surface area contributed by atoms with Crippen LogP contribution < -0.4 is 0 Å². The van der Waals surface area contributed by atoms with Crippen molar-refractivity contribution in [1.82, 2.24) is 4.90 Å². The average molecular weight is 288 g/mol. The van der Waals surface area contributed by atoms with Crippen molar-refractivity contribution >= 4 is 29.2 Å². The highest BCUT2D eigenvalue weighted by atomic mass is 35.5. The van der Waals surface area contributed by atoms with E-state index >= 15 is 0 Å². The van der Waals surface area contributed by atoms with Crippen LogP contribution in [0.4, 0.5) is 0 Å². The predicted octanol–water partition coefficient (Wildman–Crippen LogP) is 3.46. The van der Waals surface area contributed by atoms with Crippen molar-refractivity contribution in [3.8, 4) is 0 Å². The van der Waals surface area contributed by atoms with Gasteiger partial charge in [-0.3, -0.25) is 9.69 Å². The number of aliphatic carboxylic acids is 1. The summed E-state index contributed by atoms with van der Waals surface area (Å²) in [6.45, 7) is 3.46. The SMILES string of the molecule is C[C@@H](c1ccc(Cl)c(Cl)c1)N1CC[C@H](C(=O)O)C1. The molecule has 1 aromatic rings. The van der Waals surface area contributed by atoms with Gasteiger partial charge in [0.1, 0.15) is 0 Å². The van der Waals surface area contributed by atoms with E-state index < -0.39 is 5.97 Å². The normalized spacial score (nSPS) is 22.1. The molecule has 0 spiro atoms. The summed E-state index contributed by atoms with van der Waals surface area (Å²) in [4.78, 5) is 13.1. The van der Waals surface area contributed by atoms with Crippen LogP contribution in [-0.2, 0) is 4.79 Å². The van der Waals surface area contributed by atoms with Crippen molar-refractivity contribution in [2.45, 2.75) is 19.4 Å². The van der Waals surface area contributed by atoms with Crippen LogP contribution in [0.2, 0.25) is 10.0 Å². The van der Waals surface area contributed by atoms with E-state index in [2.05, 4.69) is 11.8 Å². The molecule has 1 aromatic carbocycles. The molecule has 18 heavy (non-hydrogen) atoms. The number of likely N-dealkylation sites (tertiary alicyclic amines) is 1. The second kappa shape index (κ2) is 5.47. The van der Waals surface area contributed by atoms with Gasteiger partial charge in [-0.25, -0.2) is 0 Å². The van der Waals surface area contributed by atoms with Crippen molar-refractivity contribution in [2.75, 3.05) is 13.1 Å². The molecule has 1 saturated heterocycles. The van der Waals surface area contributed by atoms with Gasteiger partial charge in [-0.2, -0.15) is 0 Å². The highest BCUT2D eigenvalue weighted by Gasteiger charge is 2.31. The molecule has 0 aliphatic carbocycles. The first-order chi connectivity index (χ1) is 8.49. The molecular formula is C13H15Cl2NO2. The lowest BCUT2D eigenvalue weighted by molar-refractivity contribution is -0.141. The van der Waals surface area contributed by atoms with E-state index in [1.807, 2.05) is 12.1 Å². The van der Waals surface area contributed by atoms with Crippen LogP contribution in [0.25, 0.3) is 0 Å². The first-order valence-electron chi connectivity index (χ1n) is 5.91. The summed E-state index contributed by atoms with van der Waals surface area (Å²) in [5.74, 6) is -0.964. The van der Waals surface area contributed by atoms with E-state index in [1.165, 1.54) is 0 Å². The molecule has 2 rings (SSSR count). The Balaban J connectivity index is 2.10. The van der Waals surface area contributed by atoms with Crippen LogP contribution >= 0.6 is 23.2 Å². The highest BCUT2D eigenvalue weighted by molar-refractivity contribution is 6.42. The van der Waals surface area contributed by atoms with Gasteiger partial charge in [0.25, 0.3) is 0 Å². The molecule has 0 unspecified atom stereocenters. The van der Waals surface area contributed by atoms with Crippen LogP contribution in [0, 0.1) is 5.92 Å². The number of rotatable bonds is 3. The Kier molecular flexibility index (Phi) is 4.15. The summed E-state index contributed by atoms with van der Waals surface area (Å²) < 4.78 is 0. The monoisotopic (exact) mass is 287 g/mol. The molecule has 1 N–H and O–H groups in total. The summed E-state index contributed by atoms with van der Waals surface area (Å²) >= 11 is 11.9. The first kappa shape index (κ1) is 13.7. The second-order valence-corrected chi connectivity index (χ2v) is 5.48. The zero-order valence-electron chi connectivity index (χ0n) is 10.1. The van der Waals surface area contributed by atoms with E-state index in [-0.39, 0.29) is 12.0 Å². The van der Waals surface area contributed by atoms with Crippen molar-refractivity contribution < 1.29 is 9.90 Å². The Morgan fingerprint density at radius 1 is 1.44 bits per heavy atom. The van der Waals surface area contributed by atoms with E-state index in [9.17, 15) is 4.79 Å². The fourth-order valence-corrected chi connectivity index (χ4v) is 2.63. The second-order valence-electron chi connectivity index (χ2n) is 4.67. The maximum absolute atomic E-state index is 10.9. The zero-order chi connectivity index (χ0) is 13.3. The van der Waals surface area contributed by atoms with E-state index in [0.29, 0.717) is 23.0 Å². The van der Waals surface area contributed by atoms with Gasteiger partial charge >= 0.3 is 5.97 Å². The van der Waals surface area contributed by atoms with Gasteiger partial charge < -0.3 is 5.11 Å². The summed E-state index contributed by atoms with van der Waals surface area (Å²) in [5.41, 5.74) is 1.07. The topological polar surface area (TPSA) is 40.5 Å². The number of hydrogen-bond donors (Lipinski definition) is 1. The fraction of sp³-hybridized carbons (Fsp3) is 0.462. The molecule has 0 bridgehead atoms. The number of nitrogens with zero attached hydrogens (tertiary/aromatic N) is 1. The Morgan fingerprint density at radius 2 is 2.17 bits per heavy atom. The van der Waals surface area contributed by atoms with E-state index in [4.69, 9.17) is 28.3 Å². The minimum atomic E-state index is -0.709. The van der Waals surface area contributed by atoms with Crippen molar-refractivity contribution in [3.05, 3.63) is 33.8 Å². The van der Waals surface area contributed by atoms with Crippen LogP contribution in [-0.4, -0.2) is 29.1 Å². The molecule has 1 fully saturated rings. The Morgan fingerprint density at radius 3 is 2.72 bits per heavy atom. The number of carboxylic acids is 1. The molecule has 1 aliphatic rings. The molecule has 1 aliphatic heterocycles. The smallest absolute Gasteiger partial charge is 0.307 e. The molecule has 3 nitrogen and oxygen atoms in total. The van der Waals surface area contributed by atoms with Crippen LogP contribution in [0.3, 0.4) is 0 Å². The van der Waals surface area contributed by atoms with Gasteiger partial charge in [0, 0.05) is 12.6 Å². The summed E-state index contributed by atoms with van der Waals surface area (Å²) in [6.07, 6.45) is 0.709. The Bertz CT molecular complexity index is 464. The van der Waals surface area contributed by atoms with Gasteiger partial charge in [0.15, 0.2) is 0 Å². The molecule has 5 heteroatoms. The lowest BCUT2D eigenvalue weighted by atomic mass is 10.1. The molecule has 0 amide bonds. The van der Waals surface area contributed by atoms with Crippen LogP contribution in [0.1, 0.15) is 24.9 Å². The molecule has 98 valence electrons. The summed E-state index contributed by atoms with van der Waals surface area (Å²) in [5, 5.41) is 10.1. The predicted molar refractivity (Wildman–Crippen MR) is 72.2 cm³/mol. The maximum atomic E-state index is 10.9. The molecule has 0 radical (unpaired) electrons. The standard InChI is InChI=1S/C13H15Cl2NO2/c1-8(9-2-3-11(14)12(15)6-9)16-5-4-10(7-16)13(17)18/h2-3,6,8,10H,4-5,7H2,1H3,(H,17,18)/t8-,10-/m0/s1.